The Morgan fingerprint density at radius 2 is 2.07 bits per heavy atom. The van der Waals surface area contributed by atoms with Gasteiger partial charge < -0.3 is 19.9 Å². The van der Waals surface area contributed by atoms with E-state index in [1.165, 1.54) is 0 Å². The molecule has 0 spiro atoms. The Morgan fingerprint density at radius 3 is 2.90 bits per heavy atom. The molecule has 3 aromatic rings. The van der Waals surface area contributed by atoms with Crippen LogP contribution < -0.4 is 5.32 Å². The van der Waals surface area contributed by atoms with E-state index in [9.17, 15) is 9.59 Å². The molecule has 2 aromatic heterocycles. The fourth-order valence-corrected chi connectivity index (χ4v) is 4.00. The fraction of sp³-hybridized carbons (Fsp3) is 0.333. The number of fused-ring (bicyclic) bond motifs is 2. The molecule has 1 fully saturated rings. The highest BCUT2D eigenvalue weighted by molar-refractivity contribution is 6.05. The third-order valence-corrected chi connectivity index (χ3v) is 5.55. The summed E-state index contributed by atoms with van der Waals surface area (Å²) >= 11 is 0. The average Bonchev–Trinajstić information content (AvgIpc) is 3.29. The Balaban J connectivity index is 1.36. The summed E-state index contributed by atoms with van der Waals surface area (Å²) < 4.78 is 7.01. The molecule has 2 amide bonds. The van der Waals surface area contributed by atoms with Crippen LogP contribution in [-0.2, 0) is 23.1 Å². The highest BCUT2D eigenvalue weighted by Crippen LogP contribution is 2.31. The molecule has 1 N–H and O–H groups in total. The number of carbonyl (C=O) groups excluding carboxylic acids is 2. The van der Waals surface area contributed by atoms with Crippen LogP contribution in [0.25, 0.3) is 11.0 Å². The summed E-state index contributed by atoms with van der Waals surface area (Å²) in [5.41, 5.74) is 3.81. The zero-order valence-corrected chi connectivity index (χ0v) is 16.7. The summed E-state index contributed by atoms with van der Waals surface area (Å²) in [6.07, 6.45) is 3.48. The zero-order chi connectivity index (χ0) is 20.7. The van der Waals surface area contributed by atoms with E-state index >= 15 is 0 Å². The summed E-state index contributed by atoms with van der Waals surface area (Å²) in [7, 11) is 1.85. The van der Waals surface area contributed by atoms with Gasteiger partial charge in [-0.2, -0.15) is 5.10 Å². The number of nitrogens with zero attached hydrogens (tertiary/aromatic N) is 5. The molecular formula is C21H22N6O3. The highest BCUT2D eigenvalue weighted by Gasteiger charge is 2.32. The van der Waals surface area contributed by atoms with Crippen LogP contribution in [0.4, 0.5) is 11.4 Å². The Kier molecular flexibility index (Phi) is 4.59. The van der Waals surface area contributed by atoms with E-state index in [0.717, 1.165) is 22.3 Å². The molecule has 2 aliphatic heterocycles. The summed E-state index contributed by atoms with van der Waals surface area (Å²) in [6.45, 7) is 2.75. The third-order valence-electron chi connectivity index (χ3n) is 5.55. The number of anilines is 2. The van der Waals surface area contributed by atoms with Gasteiger partial charge in [0, 0.05) is 32.1 Å². The quantitative estimate of drug-likeness (QED) is 0.706. The first-order chi connectivity index (χ1) is 14.6. The molecule has 0 radical (unpaired) electrons. The van der Waals surface area contributed by atoms with Crippen LogP contribution in [0.5, 0.6) is 0 Å². The number of rotatable bonds is 4. The van der Waals surface area contributed by atoms with E-state index in [0.29, 0.717) is 44.1 Å². The summed E-state index contributed by atoms with van der Waals surface area (Å²) in [6, 6.07) is 7.67. The minimum atomic E-state index is -0.134. The van der Waals surface area contributed by atoms with Crippen molar-refractivity contribution >= 4 is 34.2 Å². The molecule has 1 aromatic carbocycles. The van der Waals surface area contributed by atoms with Crippen LogP contribution in [0.15, 0.2) is 36.7 Å². The van der Waals surface area contributed by atoms with Crippen LogP contribution in [0.1, 0.15) is 15.9 Å². The predicted molar refractivity (Wildman–Crippen MR) is 110 cm³/mol. The number of aromatic nitrogens is 3. The van der Waals surface area contributed by atoms with Gasteiger partial charge in [0.25, 0.3) is 5.91 Å². The predicted octanol–water partition coefficient (Wildman–Crippen LogP) is 1.53. The van der Waals surface area contributed by atoms with Crippen LogP contribution in [0, 0.1) is 0 Å². The molecule has 4 heterocycles. The van der Waals surface area contributed by atoms with E-state index in [-0.39, 0.29) is 18.4 Å². The van der Waals surface area contributed by atoms with Gasteiger partial charge in [-0.1, -0.05) is 12.1 Å². The van der Waals surface area contributed by atoms with Crippen molar-refractivity contribution in [2.24, 2.45) is 7.05 Å². The van der Waals surface area contributed by atoms with Gasteiger partial charge in [0.05, 0.1) is 42.5 Å². The van der Waals surface area contributed by atoms with Crippen molar-refractivity contribution in [1.82, 2.24) is 24.6 Å². The Labute approximate surface area is 173 Å². The standard InChI is InChI=1S/C21H22N6O3/c1-25-20-15(10-23-25)9-16(11-22-20)24-17-4-2-3-14-12-27(21(29)19(14)17)13-18(28)26-5-7-30-8-6-26/h2-4,9-11,24H,5-8,12-13H2,1H3. The number of aryl methyl sites for hydroxylation is 1. The largest absolute Gasteiger partial charge is 0.378 e. The van der Waals surface area contributed by atoms with Crippen LogP contribution >= 0.6 is 0 Å². The van der Waals surface area contributed by atoms with Gasteiger partial charge in [0.1, 0.15) is 6.54 Å². The van der Waals surface area contributed by atoms with Gasteiger partial charge in [0.2, 0.25) is 5.91 Å². The average molecular weight is 406 g/mol. The molecule has 0 bridgehead atoms. The van der Waals surface area contributed by atoms with Crippen LogP contribution in [0.3, 0.4) is 0 Å². The number of morpholine rings is 1. The summed E-state index contributed by atoms with van der Waals surface area (Å²) in [5.74, 6) is -0.176. The van der Waals surface area contributed by atoms with Gasteiger partial charge >= 0.3 is 0 Å². The Hall–Kier alpha value is -3.46. The maximum Gasteiger partial charge on any atom is 0.257 e. The lowest BCUT2D eigenvalue weighted by molar-refractivity contribution is -0.136. The van der Waals surface area contributed by atoms with Crippen molar-refractivity contribution in [1.29, 1.82) is 0 Å². The van der Waals surface area contributed by atoms with Crippen molar-refractivity contribution in [3.05, 3.63) is 47.8 Å². The molecule has 9 heteroatoms. The third kappa shape index (κ3) is 3.26. The molecule has 1 saturated heterocycles. The van der Waals surface area contributed by atoms with Gasteiger partial charge in [-0.05, 0) is 17.7 Å². The number of nitrogens with one attached hydrogen (secondary N) is 1. The van der Waals surface area contributed by atoms with Gasteiger partial charge in [-0.15, -0.1) is 0 Å². The minimum absolute atomic E-state index is 0.0415. The van der Waals surface area contributed by atoms with E-state index in [4.69, 9.17) is 4.74 Å². The second kappa shape index (κ2) is 7.42. The number of hydrogen-bond donors (Lipinski definition) is 1. The molecular weight excluding hydrogens is 384 g/mol. The smallest absolute Gasteiger partial charge is 0.257 e. The molecule has 0 aliphatic carbocycles. The first-order valence-corrected chi connectivity index (χ1v) is 9.91. The molecule has 154 valence electrons. The zero-order valence-electron chi connectivity index (χ0n) is 16.7. The normalized spacial score (nSPS) is 16.2. The highest BCUT2D eigenvalue weighted by atomic mass is 16.5. The molecule has 5 rings (SSSR count). The van der Waals surface area contributed by atoms with Crippen molar-refractivity contribution in [3.8, 4) is 0 Å². The number of ether oxygens (including phenoxy) is 1. The lowest BCUT2D eigenvalue weighted by Crippen LogP contribution is -2.45. The van der Waals surface area contributed by atoms with E-state index in [1.54, 1.807) is 26.9 Å². The van der Waals surface area contributed by atoms with Crippen molar-refractivity contribution in [3.63, 3.8) is 0 Å². The molecule has 0 unspecified atom stereocenters. The lowest BCUT2D eigenvalue weighted by Gasteiger charge is -2.28. The fourth-order valence-electron chi connectivity index (χ4n) is 4.00. The SMILES string of the molecule is Cn1ncc2cc(Nc3cccc4c3C(=O)N(CC(=O)N3CCOCC3)C4)cnc21. The minimum Gasteiger partial charge on any atom is -0.378 e. The van der Waals surface area contributed by atoms with Gasteiger partial charge in [-0.25, -0.2) is 4.98 Å². The maximum absolute atomic E-state index is 13.1. The first kappa shape index (κ1) is 18.6. The molecule has 2 aliphatic rings. The number of carbonyl (C=O) groups is 2. The van der Waals surface area contributed by atoms with Gasteiger partial charge in [-0.3, -0.25) is 14.3 Å². The Morgan fingerprint density at radius 1 is 1.23 bits per heavy atom. The number of pyridine rings is 1. The second-order valence-corrected chi connectivity index (χ2v) is 7.52. The lowest BCUT2D eigenvalue weighted by atomic mass is 10.1. The first-order valence-electron chi connectivity index (χ1n) is 9.91. The molecule has 9 nitrogen and oxygen atoms in total. The molecule has 0 saturated carbocycles. The van der Waals surface area contributed by atoms with Crippen molar-refractivity contribution in [2.75, 3.05) is 38.2 Å². The maximum atomic E-state index is 13.1. The van der Waals surface area contributed by atoms with Gasteiger partial charge in [0.15, 0.2) is 5.65 Å². The molecule has 0 atom stereocenters. The topological polar surface area (TPSA) is 92.6 Å². The van der Waals surface area contributed by atoms with E-state index in [1.807, 2.05) is 31.3 Å². The number of benzene rings is 1. The second-order valence-electron chi connectivity index (χ2n) is 7.52. The number of amides is 2. The van der Waals surface area contributed by atoms with E-state index in [2.05, 4.69) is 15.4 Å². The Bertz CT molecular complexity index is 1130. The monoisotopic (exact) mass is 406 g/mol. The van der Waals surface area contributed by atoms with Crippen molar-refractivity contribution in [2.45, 2.75) is 6.54 Å². The summed E-state index contributed by atoms with van der Waals surface area (Å²) in [5, 5.41) is 8.44. The number of hydrogen-bond acceptors (Lipinski definition) is 6. The van der Waals surface area contributed by atoms with E-state index < -0.39 is 0 Å². The van der Waals surface area contributed by atoms with Crippen LogP contribution in [0.2, 0.25) is 0 Å². The van der Waals surface area contributed by atoms with Crippen molar-refractivity contribution < 1.29 is 14.3 Å². The van der Waals surface area contributed by atoms with Crippen LogP contribution in [-0.4, -0.2) is 69.2 Å². The molecule has 30 heavy (non-hydrogen) atoms. The summed E-state index contributed by atoms with van der Waals surface area (Å²) in [4.78, 5) is 33.5.